The van der Waals surface area contributed by atoms with Crippen molar-refractivity contribution in [2.24, 2.45) is 0 Å². The lowest BCUT2D eigenvalue weighted by Gasteiger charge is -2.27. The summed E-state index contributed by atoms with van der Waals surface area (Å²) in [5, 5.41) is 15.0. The van der Waals surface area contributed by atoms with E-state index in [0.717, 1.165) is 6.42 Å². The van der Waals surface area contributed by atoms with Crippen LogP contribution in [0.5, 0.6) is 0 Å². The van der Waals surface area contributed by atoms with E-state index in [1.165, 1.54) is 0 Å². The van der Waals surface area contributed by atoms with Crippen molar-refractivity contribution in [2.45, 2.75) is 31.5 Å². The molecule has 1 aromatic rings. The van der Waals surface area contributed by atoms with E-state index in [1.54, 1.807) is 0 Å². The van der Waals surface area contributed by atoms with Crippen LogP contribution in [0, 0.1) is 0 Å². The maximum atomic E-state index is 12.7. The monoisotopic (exact) mass is 235 g/mol. The van der Waals surface area contributed by atoms with E-state index in [1.807, 2.05) is 0 Å². The topological polar surface area (TPSA) is 68.0 Å². The molecule has 2 rings (SSSR count). The molecule has 1 fully saturated rings. The van der Waals surface area contributed by atoms with Crippen LogP contribution in [0.1, 0.15) is 41.5 Å². The fraction of sp³-hybridized carbons (Fsp3) is 0.625. The van der Waals surface area contributed by atoms with Crippen LogP contribution >= 0.6 is 0 Å². The number of aromatic carboxylic acids is 1. The molecule has 0 aliphatic heterocycles. The van der Waals surface area contributed by atoms with Gasteiger partial charge in [0.25, 0.3) is 0 Å². The van der Waals surface area contributed by atoms with Gasteiger partial charge in [0.15, 0.2) is 5.69 Å². The summed E-state index contributed by atoms with van der Waals surface area (Å²) in [5.41, 5.74) is -2.29. The summed E-state index contributed by atoms with van der Waals surface area (Å²) in [6, 6.07) is -0.378. The van der Waals surface area contributed by atoms with Gasteiger partial charge >= 0.3 is 12.1 Å². The maximum Gasteiger partial charge on any atom is 0.435 e. The van der Waals surface area contributed by atoms with Crippen LogP contribution in [0.15, 0.2) is 0 Å². The first kappa shape index (κ1) is 10.9. The molecular weight excluding hydrogens is 227 g/mol. The van der Waals surface area contributed by atoms with Gasteiger partial charge in [-0.1, -0.05) is 5.21 Å². The molecule has 1 heterocycles. The molecule has 0 aromatic carbocycles. The smallest absolute Gasteiger partial charge is 0.435 e. The van der Waals surface area contributed by atoms with Gasteiger partial charge in [0.1, 0.15) is 0 Å². The van der Waals surface area contributed by atoms with Gasteiger partial charge in [-0.3, -0.25) is 0 Å². The van der Waals surface area contributed by atoms with E-state index in [4.69, 9.17) is 5.11 Å². The van der Waals surface area contributed by atoms with Gasteiger partial charge < -0.3 is 5.11 Å². The molecule has 88 valence electrons. The van der Waals surface area contributed by atoms with E-state index in [0.29, 0.717) is 17.5 Å². The lowest BCUT2D eigenvalue weighted by atomic mass is 9.93. The average Bonchev–Trinajstić information content (AvgIpc) is 2.43. The van der Waals surface area contributed by atoms with E-state index >= 15 is 0 Å². The molecule has 1 aliphatic carbocycles. The van der Waals surface area contributed by atoms with Crippen molar-refractivity contribution in [1.82, 2.24) is 15.0 Å². The molecule has 1 aromatic heterocycles. The molecule has 0 atom stereocenters. The summed E-state index contributed by atoms with van der Waals surface area (Å²) < 4.78 is 38.7. The van der Waals surface area contributed by atoms with Gasteiger partial charge in [0, 0.05) is 0 Å². The van der Waals surface area contributed by atoms with Crippen LogP contribution in [0.25, 0.3) is 0 Å². The zero-order valence-electron chi connectivity index (χ0n) is 8.03. The van der Waals surface area contributed by atoms with Gasteiger partial charge in [-0.25, -0.2) is 9.48 Å². The highest BCUT2D eigenvalue weighted by molar-refractivity contribution is 5.86. The number of aromatic nitrogens is 3. The van der Waals surface area contributed by atoms with Gasteiger partial charge in [0.2, 0.25) is 5.69 Å². The Bertz CT molecular complexity index is 423. The molecule has 8 heteroatoms. The molecule has 0 spiro atoms. The van der Waals surface area contributed by atoms with Crippen molar-refractivity contribution in [2.75, 3.05) is 0 Å². The van der Waals surface area contributed by atoms with Gasteiger partial charge in [-0.05, 0) is 19.3 Å². The number of hydrogen-bond acceptors (Lipinski definition) is 3. The second-order valence-electron chi connectivity index (χ2n) is 3.62. The second-order valence-corrected chi connectivity index (χ2v) is 3.62. The quantitative estimate of drug-likeness (QED) is 0.847. The van der Waals surface area contributed by atoms with Crippen molar-refractivity contribution >= 4 is 5.97 Å². The third kappa shape index (κ3) is 1.63. The Morgan fingerprint density at radius 1 is 1.44 bits per heavy atom. The number of hydrogen-bond donors (Lipinski definition) is 1. The third-order valence-electron chi connectivity index (χ3n) is 2.59. The summed E-state index contributed by atoms with van der Waals surface area (Å²) in [6.45, 7) is 0. The summed E-state index contributed by atoms with van der Waals surface area (Å²) in [6.07, 6.45) is -2.77. The van der Waals surface area contributed by atoms with Crippen LogP contribution in [-0.4, -0.2) is 26.1 Å². The minimum atomic E-state index is -4.74. The number of halogens is 3. The molecule has 1 aliphatic rings. The van der Waals surface area contributed by atoms with E-state index in [-0.39, 0.29) is 6.04 Å². The predicted octanol–water partition coefficient (Wildman–Crippen LogP) is 1.72. The van der Waals surface area contributed by atoms with Gasteiger partial charge in [-0.15, -0.1) is 5.10 Å². The first-order valence-corrected chi connectivity index (χ1v) is 4.67. The highest BCUT2D eigenvalue weighted by Crippen LogP contribution is 2.38. The van der Waals surface area contributed by atoms with E-state index < -0.39 is 23.5 Å². The molecule has 0 saturated heterocycles. The minimum Gasteiger partial charge on any atom is -0.476 e. The number of carboxylic acid groups (broad SMARTS) is 1. The number of carbonyl (C=O) groups is 1. The Kier molecular flexibility index (Phi) is 2.36. The predicted molar refractivity (Wildman–Crippen MR) is 44.9 cm³/mol. The minimum absolute atomic E-state index is 0.378. The summed E-state index contributed by atoms with van der Waals surface area (Å²) in [5.74, 6) is -1.71. The van der Waals surface area contributed by atoms with Gasteiger partial charge in [0.05, 0.1) is 6.04 Å². The van der Waals surface area contributed by atoms with Crippen LogP contribution in [0.4, 0.5) is 13.2 Å². The third-order valence-corrected chi connectivity index (χ3v) is 2.59. The normalized spacial score (nSPS) is 17.2. The SMILES string of the molecule is O=C(O)c1nnn(C2CCC2)c1C(F)(F)F. The molecule has 1 saturated carbocycles. The van der Waals surface area contributed by atoms with Crippen LogP contribution in [-0.2, 0) is 6.18 Å². The fourth-order valence-corrected chi connectivity index (χ4v) is 1.59. The van der Waals surface area contributed by atoms with Crippen molar-refractivity contribution in [3.8, 4) is 0 Å². The average molecular weight is 235 g/mol. The largest absolute Gasteiger partial charge is 0.476 e. The molecule has 5 nitrogen and oxygen atoms in total. The van der Waals surface area contributed by atoms with Gasteiger partial charge in [-0.2, -0.15) is 13.2 Å². The first-order chi connectivity index (χ1) is 7.41. The van der Waals surface area contributed by atoms with E-state index in [2.05, 4.69) is 10.3 Å². The Balaban J connectivity index is 2.49. The summed E-state index contributed by atoms with van der Waals surface area (Å²) in [4.78, 5) is 10.6. The molecule has 1 N–H and O–H groups in total. The van der Waals surface area contributed by atoms with Crippen molar-refractivity contribution in [3.63, 3.8) is 0 Å². The molecule has 0 amide bonds. The lowest BCUT2D eigenvalue weighted by Crippen LogP contribution is -2.25. The standard InChI is InChI=1S/C8H8F3N3O2/c9-8(10,11)6-5(7(15)16)12-13-14(6)4-2-1-3-4/h4H,1-3H2,(H,15,16). The number of nitrogens with zero attached hydrogens (tertiary/aromatic N) is 3. The van der Waals surface area contributed by atoms with Crippen molar-refractivity contribution < 1.29 is 23.1 Å². The number of rotatable bonds is 2. The summed E-state index contributed by atoms with van der Waals surface area (Å²) >= 11 is 0. The zero-order chi connectivity index (χ0) is 11.9. The highest BCUT2D eigenvalue weighted by Gasteiger charge is 2.43. The Hall–Kier alpha value is -1.60. The summed E-state index contributed by atoms with van der Waals surface area (Å²) in [7, 11) is 0. The van der Waals surface area contributed by atoms with Crippen molar-refractivity contribution in [1.29, 1.82) is 0 Å². The molecular formula is C8H8F3N3O2. The van der Waals surface area contributed by atoms with Crippen molar-refractivity contribution in [3.05, 3.63) is 11.4 Å². The maximum absolute atomic E-state index is 12.7. The molecule has 0 radical (unpaired) electrons. The number of carboxylic acids is 1. The molecule has 0 bridgehead atoms. The van der Waals surface area contributed by atoms with Crippen LogP contribution in [0.2, 0.25) is 0 Å². The van der Waals surface area contributed by atoms with Crippen LogP contribution in [0.3, 0.4) is 0 Å². The van der Waals surface area contributed by atoms with E-state index in [9.17, 15) is 18.0 Å². The molecule has 0 unspecified atom stereocenters. The molecule has 16 heavy (non-hydrogen) atoms. The second kappa shape index (κ2) is 3.46. The first-order valence-electron chi connectivity index (χ1n) is 4.67. The Labute approximate surface area is 87.9 Å². The fourth-order valence-electron chi connectivity index (χ4n) is 1.59. The Morgan fingerprint density at radius 2 is 2.06 bits per heavy atom. The zero-order valence-corrected chi connectivity index (χ0v) is 8.03. The van der Waals surface area contributed by atoms with Crippen LogP contribution < -0.4 is 0 Å². The number of alkyl halides is 3. The highest BCUT2D eigenvalue weighted by atomic mass is 19.4. The Morgan fingerprint density at radius 3 is 2.44 bits per heavy atom. The lowest BCUT2D eigenvalue weighted by molar-refractivity contribution is -0.146.